The first-order valence-corrected chi connectivity index (χ1v) is 4.83. The zero-order valence-electron chi connectivity index (χ0n) is 7.53. The smallest absolute Gasteiger partial charge is 0.324 e. The molecule has 0 aliphatic carbocycles. The van der Waals surface area contributed by atoms with Crippen molar-refractivity contribution in [3.8, 4) is 6.07 Å². The summed E-state index contributed by atoms with van der Waals surface area (Å²) in [6, 6.07) is 8.91. The van der Waals surface area contributed by atoms with Crippen molar-refractivity contribution in [2.24, 2.45) is 0 Å². The first kappa shape index (κ1) is 10.7. The largest absolute Gasteiger partial charge is 0.468 e. The number of nitriles is 1. The van der Waals surface area contributed by atoms with Gasteiger partial charge in [0.15, 0.2) is 0 Å². The average molecular weight is 254 g/mol. The molecule has 1 aromatic rings. The number of rotatable bonds is 2. The van der Waals surface area contributed by atoms with Crippen LogP contribution in [0.5, 0.6) is 0 Å². The van der Waals surface area contributed by atoms with E-state index < -0.39 is 10.8 Å². The standard InChI is InChI=1S/C10H8BrNO2/c1-14-10(13)9(11)8-5-3-2-4-7(8)6-12/h2-5,9H,1H3. The molecule has 72 valence electrons. The van der Waals surface area contributed by atoms with Crippen molar-refractivity contribution < 1.29 is 9.53 Å². The quantitative estimate of drug-likeness (QED) is 0.600. The Morgan fingerprint density at radius 2 is 2.21 bits per heavy atom. The molecule has 1 aromatic carbocycles. The molecule has 0 heterocycles. The highest BCUT2D eigenvalue weighted by Crippen LogP contribution is 2.26. The number of methoxy groups -OCH3 is 1. The van der Waals surface area contributed by atoms with Gasteiger partial charge in [0.05, 0.1) is 18.7 Å². The molecule has 0 aliphatic heterocycles. The van der Waals surface area contributed by atoms with Gasteiger partial charge in [-0.2, -0.15) is 5.26 Å². The number of alkyl halides is 1. The summed E-state index contributed by atoms with van der Waals surface area (Å²) < 4.78 is 4.57. The van der Waals surface area contributed by atoms with E-state index >= 15 is 0 Å². The Bertz CT molecular complexity index is 384. The molecule has 0 N–H and O–H groups in total. The zero-order valence-corrected chi connectivity index (χ0v) is 9.11. The van der Waals surface area contributed by atoms with Gasteiger partial charge < -0.3 is 4.74 Å². The van der Waals surface area contributed by atoms with Crippen LogP contribution in [-0.2, 0) is 9.53 Å². The Balaban J connectivity index is 3.07. The number of carbonyl (C=O) groups is 1. The van der Waals surface area contributed by atoms with Crippen LogP contribution in [0, 0.1) is 11.3 Å². The van der Waals surface area contributed by atoms with Crippen LogP contribution >= 0.6 is 15.9 Å². The van der Waals surface area contributed by atoms with Gasteiger partial charge >= 0.3 is 5.97 Å². The van der Waals surface area contributed by atoms with Crippen molar-refractivity contribution in [1.82, 2.24) is 0 Å². The second kappa shape index (κ2) is 4.77. The minimum absolute atomic E-state index is 0.410. The molecule has 1 atom stereocenters. The van der Waals surface area contributed by atoms with Gasteiger partial charge in [-0.15, -0.1) is 0 Å². The van der Waals surface area contributed by atoms with Gasteiger partial charge in [0.2, 0.25) is 0 Å². The van der Waals surface area contributed by atoms with Gasteiger partial charge in [-0.05, 0) is 11.6 Å². The minimum atomic E-state index is -0.580. The predicted molar refractivity (Wildman–Crippen MR) is 54.8 cm³/mol. The highest BCUT2D eigenvalue weighted by atomic mass is 79.9. The third-order valence-electron chi connectivity index (χ3n) is 1.76. The van der Waals surface area contributed by atoms with E-state index in [9.17, 15) is 4.79 Å². The summed E-state index contributed by atoms with van der Waals surface area (Å²) in [5, 5.41) is 8.80. The van der Waals surface area contributed by atoms with Crippen LogP contribution in [0.15, 0.2) is 24.3 Å². The summed E-state index contributed by atoms with van der Waals surface area (Å²) in [7, 11) is 1.31. The average Bonchev–Trinajstić information content (AvgIpc) is 2.26. The van der Waals surface area contributed by atoms with E-state index in [4.69, 9.17) is 5.26 Å². The fourth-order valence-electron chi connectivity index (χ4n) is 1.05. The number of esters is 1. The molecule has 1 rings (SSSR count). The summed E-state index contributed by atoms with van der Waals surface area (Å²) in [6.45, 7) is 0. The molecule has 0 spiro atoms. The van der Waals surface area contributed by atoms with Gasteiger partial charge in [0, 0.05) is 0 Å². The van der Waals surface area contributed by atoms with Gasteiger partial charge in [0.25, 0.3) is 0 Å². The lowest BCUT2D eigenvalue weighted by Gasteiger charge is -2.08. The van der Waals surface area contributed by atoms with E-state index in [-0.39, 0.29) is 0 Å². The van der Waals surface area contributed by atoms with E-state index in [2.05, 4.69) is 20.7 Å². The Morgan fingerprint density at radius 1 is 1.57 bits per heavy atom. The number of hydrogen-bond donors (Lipinski definition) is 0. The van der Waals surface area contributed by atoms with Crippen molar-refractivity contribution in [3.63, 3.8) is 0 Å². The number of nitrogens with zero attached hydrogens (tertiary/aromatic N) is 1. The summed E-state index contributed by atoms with van der Waals surface area (Å²) in [5.74, 6) is -0.410. The number of halogens is 1. The first-order chi connectivity index (χ1) is 6.70. The van der Waals surface area contributed by atoms with Crippen molar-refractivity contribution in [2.75, 3.05) is 7.11 Å². The second-order valence-electron chi connectivity index (χ2n) is 2.58. The fraction of sp³-hybridized carbons (Fsp3) is 0.200. The lowest BCUT2D eigenvalue weighted by Crippen LogP contribution is -2.09. The molecule has 0 saturated carbocycles. The molecular formula is C10H8BrNO2. The fourth-order valence-corrected chi connectivity index (χ4v) is 1.64. The predicted octanol–water partition coefficient (Wildman–Crippen LogP) is 2.17. The van der Waals surface area contributed by atoms with Crippen LogP contribution in [0.3, 0.4) is 0 Å². The maximum Gasteiger partial charge on any atom is 0.324 e. The molecule has 0 bridgehead atoms. The lowest BCUT2D eigenvalue weighted by atomic mass is 10.1. The zero-order chi connectivity index (χ0) is 10.6. The van der Waals surface area contributed by atoms with Crippen molar-refractivity contribution in [2.45, 2.75) is 4.83 Å². The van der Waals surface area contributed by atoms with E-state index in [1.165, 1.54) is 7.11 Å². The second-order valence-corrected chi connectivity index (χ2v) is 3.50. The lowest BCUT2D eigenvalue weighted by molar-refractivity contribution is -0.139. The van der Waals surface area contributed by atoms with E-state index in [0.717, 1.165) is 0 Å². The summed E-state index contributed by atoms with van der Waals surface area (Å²) in [6.07, 6.45) is 0. The van der Waals surface area contributed by atoms with Gasteiger partial charge in [-0.1, -0.05) is 34.1 Å². The minimum Gasteiger partial charge on any atom is -0.468 e. The highest BCUT2D eigenvalue weighted by molar-refractivity contribution is 9.09. The van der Waals surface area contributed by atoms with Crippen LogP contribution in [0.4, 0.5) is 0 Å². The number of carbonyl (C=O) groups excluding carboxylic acids is 1. The third-order valence-corrected chi connectivity index (χ3v) is 2.63. The topological polar surface area (TPSA) is 50.1 Å². The molecule has 4 heteroatoms. The SMILES string of the molecule is COC(=O)C(Br)c1ccccc1C#N. The Kier molecular flexibility index (Phi) is 3.66. The van der Waals surface area contributed by atoms with Crippen LogP contribution in [0.2, 0.25) is 0 Å². The van der Waals surface area contributed by atoms with E-state index in [1.54, 1.807) is 24.3 Å². The maximum absolute atomic E-state index is 11.2. The van der Waals surface area contributed by atoms with Gasteiger partial charge in [-0.25, -0.2) is 0 Å². The molecule has 1 unspecified atom stereocenters. The van der Waals surface area contributed by atoms with Crippen LogP contribution in [-0.4, -0.2) is 13.1 Å². The molecule has 0 radical (unpaired) electrons. The molecule has 0 fully saturated rings. The molecule has 0 saturated heterocycles. The monoisotopic (exact) mass is 253 g/mol. The number of benzene rings is 1. The summed E-state index contributed by atoms with van der Waals surface area (Å²) in [5.41, 5.74) is 1.10. The Hall–Kier alpha value is -1.34. The van der Waals surface area contributed by atoms with Crippen LogP contribution < -0.4 is 0 Å². The molecule has 3 nitrogen and oxygen atoms in total. The first-order valence-electron chi connectivity index (χ1n) is 3.91. The number of ether oxygens (including phenoxy) is 1. The van der Waals surface area contributed by atoms with Crippen LogP contribution in [0.1, 0.15) is 16.0 Å². The normalized spacial score (nSPS) is 11.5. The maximum atomic E-state index is 11.2. The van der Waals surface area contributed by atoms with Gasteiger partial charge in [0.1, 0.15) is 4.83 Å². The molecular weight excluding hydrogens is 246 g/mol. The third kappa shape index (κ3) is 2.12. The van der Waals surface area contributed by atoms with Crippen LogP contribution in [0.25, 0.3) is 0 Å². The molecule has 14 heavy (non-hydrogen) atoms. The highest BCUT2D eigenvalue weighted by Gasteiger charge is 2.20. The van der Waals surface area contributed by atoms with E-state index in [0.29, 0.717) is 11.1 Å². The summed E-state index contributed by atoms with van der Waals surface area (Å²) >= 11 is 3.18. The molecule has 0 aromatic heterocycles. The van der Waals surface area contributed by atoms with Crippen molar-refractivity contribution >= 4 is 21.9 Å². The van der Waals surface area contributed by atoms with Gasteiger partial charge in [-0.3, -0.25) is 4.79 Å². The Morgan fingerprint density at radius 3 is 2.79 bits per heavy atom. The van der Waals surface area contributed by atoms with Crippen molar-refractivity contribution in [3.05, 3.63) is 35.4 Å². The van der Waals surface area contributed by atoms with Crippen molar-refractivity contribution in [1.29, 1.82) is 5.26 Å². The number of hydrogen-bond acceptors (Lipinski definition) is 3. The summed E-state index contributed by atoms with van der Waals surface area (Å²) in [4.78, 5) is 10.6. The molecule has 0 aliphatic rings. The van der Waals surface area contributed by atoms with E-state index in [1.807, 2.05) is 6.07 Å². The Labute approximate surface area is 90.4 Å². The molecule has 0 amide bonds.